The Bertz CT molecular complexity index is 8.00. The van der Waals surface area contributed by atoms with Gasteiger partial charge in [0.15, 0.2) is 0 Å². The standard InChI is InChI=1S/Ce.Co.Cu.Fe. The van der Waals surface area contributed by atoms with Crippen molar-refractivity contribution in [2.45, 2.75) is 0 Å². The third kappa shape index (κ3) is 8.87. The van der Waals surface area contributed by atoms with E-state index in [0.29, 0.717) is 0 Å². The van der Waals surface area contributed by atoms with Crippen LogP contribution in [-0.2, 0) is 50.9 Å². The predicted octanol–water partition coefficient (Wildman–Crippen LogP) is -0.00750. The molecule has 0 N–H and O–H groups in total. The molecule has 4 heteroatoms. The molecule has 0 saturated heterocycles. The van der Waals surface area contributed by atoms with Gasteiger partial charge in [-0.2, -0.15) is 0 Å². The monoisotopic (exact) mass is 318 g/mol. The smallest absolute Gasteiger partial charge is 0 e. The first-order valence-corrected chi connectivity index (χ1v) is 0. The van der Waals surface area contributed by atoms with Gasteiger partial charge in [-0.3, -0.25) is 0 Å². The van der Waals surface area contributed by atoms with Gasteiger partial charge in [0.2, 0.25) is 0 Å². The summed E-state index contributed by atoms with van der Waals surface area (Å²) in [6, 6.07) is 0. The van der Waals surface area contributed by atoms with Crippen molar-refractivity contribution < 1.29 is 92.7 Å². The maximum absolute atomic E-state index is 0. The van der Waals surface area contributed by atoms with E-state index < -0.39 is 0 Å². The Hall–Kier alpha value is 2.92. The van der Waals surface area contributed by atoms with E-state index in [1.54, 1.807) is 0 Å². The van der Waals surface area contributed by atoms with Crippen molar-refractivity contribution in [1.29, 1.82) is 0 Å². The molecule has 0 aromatic carbocycles. The van der Waals surface area contributed by atoms with Crippen molar-refractivity contribution in [2.75, 3.05) is 0 Å². The minimum absolute atomic E-state index is 0. The van der Waals surface area contributed by atoms with Gasteiger partial charge < -0.3 is 0 Å². The fourth-order valence-electron chi connectivity index (χ4n) is 0. The molecular weight excluding hydrogens is 318 g/mol. The van der Waals surface area contributed by atoms with Gasteiger partial charge in [-0.05, 0) is 0 Å². The molecule has 0 heterocycles. The molecule has 0 amide bonds. The molecule has 0 aliphatic heterocycles. The van der Waals surface area contributed by atoms with Crippen LogP contribution in [0.4, 0.5) is 0 Å². The topological polar surface area (TPSA) is 0 Å². The molecule has 0 aromatic rings. The van der Waals surface area contributed by atoms with E-state index in [4.69, 9.17) is 0 Å². The summed E-state index contributed by atoms with van der Waals surface area (Å²) >= 11 is 0. The first-order chi connectivity index (χ1) is 0. The summed E-state index contributed by atoms with van der Waals surface area (Å²) in [5.41, 5.74) is 0. The molecule has 0 aromatic heterocycles. The Morgan fingerprint density at radius 3 is 1.00 bits per heavy atom. The second-order valence-electron chi connectivity index (χ2n) is 0. The first-order valence-electron chi connectivity index (χ1n) is 0. The third-order valence-corrected chi connectivity index (χ3v) is 0. The predicted molar refractivity (Wildman–Crippen MR) is 0 cm³/mol. The zero-order valence-electron chi connectivity index (χ0n) is 1.49. The van der Waals surface area contributed by atoms with E-state index in [1.807, 2.05) is 0 Å². The summed E-state index contributed by atoms with van der Waals surface area (Å²) in [5, 5.41) is 0. The maximum Gasteiger partial charge on any atom is 0 e. The summed E-state index contributed by atoms with van der Waals surface area (Å²) in [4.78, 5) is 0. The van der Waals surface area contributed by atoms with Crippen LogP contribution in [0, 0.1) is 41.7 Å². The quantitative estimate of drug-likeness (QED) is 0.551. The van der Waals surface area contributed by atoms with Crippen LogP contribution in [0.3, 0.4) is 0 Å². The van der Waals surface area contributed by atoms with Crippen LogP contribution in [0.1, 0.15) is 0 Å². The van der Waals surface area contributed by atoms with Crippen LogP contribution >= 0.6 is 0 Å². The van der Waals surface area contributed by atoms with Gasteiger partial charge in [0.25, 0.3) is 0 Å². The molecule has 0 bridgehead atoms. The molecule has 0 unspecified atom stereocenters. The van der Waals surface area contributed by atoms with Crippen LogP contribution in [-0.4, -0.2) is 0 Å². The summed E-state index contributed by atoms with van der Waals surface area (Å²) in [6.07, 6.45) is 0. The molecule has 0 aliphatic carbocycles. The molecule has 0 rings (SSSR count). The molecule has 0 fully saturated rings. The Morgan fingerprint density at radius 2 is 1.00 bits per heavy atom. The average Bonchev–Trinajstić information content (AvgIpc) is 0. The van der Waals surface area contributed by atoms with E-state index >= 15 is 0 Å². The normalized spacial score (nSPS) is 0. The molecular formula is CeCoCuFe. The van der Waals surface area contributed by atoms with Crippen molar-refractivity contribution in [3.05, 3.63) is 0 Å². The fraction of sp³-hybridized carbons (Fsp3) is 0. The summed E-state index contributed by atoms with van der Waals surface area (Å²) in [7, 11) is 0. The molecule has 0 atom stereocenters. The SMILES string of the molecule is [Ce].[Co].[Cu].[Fe]. The van der Waals surface area contributed by atoms with E-state index in [2.05, 4.69) is 0 Å². The second kappa shape index (κ2) is 16.8. The summed E-state index contributed by atoms with van der Waals surface area (Å²) < 4.78 is 0. The molecule has 0 saturated carbocycles. The van der Waals surface area contributed by atoms with Crippen molar-refractivity contribution in [2.24, 2.45) is 0 Å². The Kier molecular flexibility index (Phi) is 119. The zero-order chi connectivity index (χ0) is 0. The second-order valence-corrected chi connectivity index (χ2v) is 0. The molecule has 2 radical (unpaired) electrons. The average molecular weight is 318 g/mol. The van der Waals surface area contributed by atoms with Gasteiger partial charge in [-0.15, -0.1) is 0 Å². The van der Waals surface area contributed by atoms with Crippen LogP contribution in [0.25, 0.3) is 0 Å². The Balaban J connectivity index is 0. The van der Waals surface area contributed by atoms with Crippen molar-refractivity contribution in [3.8, 4) is 0 Å². The molecule has 0 spiro atoms. The van der Waals surface area contributed by atoms with E-state index in [0.717, 1.165) is 0 Å². The van der Waals surface area contributed by atoms with Crippen LogP contribution < -0.4 is 0 Å². The van der Waals surface area contributed by atoms with Gasteiger partial charge >= 0.3 is 0 Å². The zero-order valence-corrected chi connectivity index (χ0v) is 7.72. The third-order valence-electron chi connectivity index (χ3n) is 0. The molecule has 0 nitrogen and oxygen atoms in total. The summed E-state index contributed by atoms with van der Waals surface area (Å²) in [5.74, 6) is 0. The number of hydrogen-bond donors (Lipinski definition) is 0. The Labute approximate surface area is 90.8 Å². The minimum atomic E-state index is 0. The first kappa shape index (κ1) is 28.4. The van der Waals surface area contributed by atoms with Gasteiger partial charge in [-0.25, -0.2) is 0 Å². The van der Waals surface area contributed by atoms with Crippen LogP contribution in [0.15, 0.2) is 0 Å². The van der Waals surface area contributed by atoms with Gasteiger partial charge in [0, 0.05) is 92.7 Å². The van der Waals surface area contributed by atoms with Crippen LogP contribution in [0.5, 0.6) is 0 Å². The fourth-order valence-corrected chi connectivity index (χ4v) is 0. The van der Waals surface area contributed by atoms with Crippen molar-refractivity contribution in [3.63, 3.8) is 0 Å². The molecule has 0 aliphatic rings. The van der Waals surface area contributed by atoms with E-state index in [9.17, 15) is 0 Å². The van der Waals surface area contributed by atoms with Gasteiger partial charge in [0.05, 0.1) is 0 Å². The minimum Gasteiger partial charge on any atom is 0 e. The van der Waals surface area contributed by atoms with Crippen LogP contribution in [0.2, 0.25) is 0 Å². The van der Waals surface area contributed by atoms with Crippen molar-refractivity contribution >= 4 is 0 Å². The van der Waals surface area contributed by atoms with Crippen molar-refractivity contribution in [1.82, 2.24) is 0 Å². The maximum atomic E-state index is 0. The molecule has 4 heavy (non-hydrogen) atoms. The largest absolute Gasteiger partial charge is 0 e. The number of hydrogen-bond acceptors (Lipinski definition) is 0. The molecule has 32 valence electrons. The Morgan fingerprint density at radius 1 is 1.00 bits per heavy atom. The number of rotatable bonds is 0. The van der Waals surface area contributed by atoms with E-state index in [1.165, 1.54) is 0 Å². The van der Waals surface area contributed by atoms with E-state index in [-0.39, 0.29) is 92.7 Å². The summed E-state index contributed by atoms with van der Waals surface area (Å²) in [6.45, 7) is 0. The van der Waals surface area contributed by atoms with Gasteiger partial charge in [0.1, 0.15) is 0 Å². The van der Waals surface area contributed by atoms with Gasteiger partial charge in [-0.1, -0.05) is 0 Å².